The average Bonchev–Trinajstić information content (AvgIpc) is 2.19. The van der Waals surface area contributed by atoms with Crippen molar-refractivity contribution in [2.75, 3.05) is 7.11 Å². The van der Waals surface area contributed by atoms with E-state index in [-0.39, 0.29) is 0 Å². The molecule has 1 aliphatic rings. The molecule has 0 saturated heterocycles. The van der Waals surface area contributed by atoms with Crippen LogP contribution in [0.4, 0.5) is 0 Å². The third-order valence-electron chi connectivity index (χ3n) is 2.41. The van der Waals surface area contributed by atoms with Gasteiger partial charge in [0.15, 0.2) is 0 Å². The van der Waals surface area contributed by atoms with Crippen LogP contribution in [0.25, 0.3) is 0 Å². The molecule has 0 radical (unpaired) electrons. The molecule has 0 unspecified atom stereocenters. The lowest BCUT2D eigenvalue weighted by atomic mass is 9.86. The van der Waals surface area contributed by atoms with E-state index in [0.29, 0.717) is 5.92 Å². The summed E-state index contributed by atoms with van der Waals surface area (Å²) in [5, 5.41) is 15.3. The van der Waals surface area contributed by atoms with Crippen LogP contribution in [-0.2, 0) is 4.84 Å². The highest BCUT2D eigenvalue weighted by molar-refractivity contribution is 6.31. The summed E-state index contributed by atoms with van der Waals surface area (Å²) in [6, 6.07) is 0. The average molecular weight is 184 g/mol. The predicted octanol–water partition coefficient (Wildman–Crippen LogP) is 2.03. The van der Waals surface area contributed by atoms with Crippen LogP contribution in [0.1, 0.15) is 32.1 Å². The number of nitrogens with zero attached hydrogens (tertiary/aromatic N) is 2. The van der Waals surface area contributed by atoms with Crippen LogP contribution in [0.2, 0.25) is 0 Å². The molecule has 1 fully saturated rings. The molecular weight excluding hydrogens is 168 g/mol. The number of rotatable bonds is 3. The molecule has 1 rings (SSSR count). The molecule has 74 valence electrons. The van der Waals surface area contributed by atoms with E-state index in [9.17, 15) is 0 Å². The largest absolute Gasteiger partial charge is 0.411 e. The Labute approximate surface area is 78.3 Å². The predicted molar refractivity (Wildman–Crippen MR) is 51.3 cm³/mol. The summed E-state index contributed by atoms with van der Waals surface area (Å²) < 4.78 is 0. The summed E-state index contributed by atoms with van der Waals surface area (Å²) in [5.74, 6) is 0.407. The number of hydrogen-bond donors (Lipinski definition) is 1. The molecule has 0 aromatic rings. The van der Waals surface area contributed by atoms with E-state index in [0.717, 1.165) is 18.6 Å². The van der Waals surface area contributed by atoms with Gasteiger partial charge >= 0.3 is 0 Å². The quantitative estimate of drug-likeness (QED) is 0.414. The molecule has 13 heavy (non-hydrogen) atoms. The van der Waals surface area contributed by atoms with Crippen LogP contribution in [0.15, 0.2) is 10.3 Å². The minimum Gasteiger partial charge on any atom is -0.411 e. The standard InChI is InChI=1S/C9H16N2O2/c1-13-11-9(7-10-12)8-5-3-2-4-6-8/h7-8,12H,2-6H2,1H3/b10-7?,11-9+. The highest BCUT2D eigenvalue weighted by Gasteiger charge is 2.18. The van der Waals surface area contributed by atoms with Crippen molar-refractivity contribution in [2.45, 2.75) is 32.1 Å². The van der Waals surface area contributed by atoms with Crippen LogP contribution in [0.5, 0.6) is 0 Å². The zero-order valence-corrected chi connectivity index (χ0v) is 7.94. The normalized spacial score (nSPS) is 20.8. The molecule has 0 heterocycles. The van der Waals surface area contributed by atoms with Gasteiger partial charge in [-0.1, -0.05) is 29.6 Å². The van der Waals surface area contributed by atoms with Crippen molar-refractivity contribution in [1.29, 1.82) is 0 Å². The molecule has 0 spiro atoms. The summed E-state index contributed by atoms with van der Waals surface area (Å²) in [4.78, 5) is 4.70. The van der Waals surface area contributed by atoms with Gasteiger partial charge in [-0.05, 0) is 12.8 Å². The lowest BCUT2D eigenvalue weighted by Gasteiger charge is -2.20. The van der Waals surface area contributed by atoms with Crippen molar-refractivity contribution >= 4 is 11.9 Å². The van der Waals surface area contributed by atoms with Gasteiger partial charge in [-0.3, -0.25) is 0 Å². The zero-order valence-electron chi connectivity index (χ0n) is 7.94. The molecule has 0 aromatic heterocycles. The molecule has 1 aliphatic carbocycles. The molecule has 0 aromatic carbocycles. The third kappa shape index (κ3) is 3.05. The maximum atomic E-state index is 8.43. The Morgan fingerprint density at radius 3 is 2.62 bits per heavy atom. The van der Waals surface area contributed by atoms with Crippen LogP contribution in [-0.4, -0.2) is 24.2 Å². The second-order valence-corrected chi connectivity index (χ2v) is 3.28. The molecular formula is C9H16N2O2. The second-order valence-electron chi connectivity index (χ2n) is 3.28. The van der Waals surface area contributed by atoms with E-state index in [1.807, 2.05) is 0 Å². The van der Waals surface area contributed by atoms with Crippen molar-refractivity contribution < 1.29 is 10.0 Å². The Bertz CT molecular complexity index is 196. The maximum Gasteiger partial charge on any atom is 0.106 e. The first-order valence-electron chi connectivity index (χ1n) is 4.67. The molecule has 4 nitrogen and oxygen atoms in total. The van der Waals surface area contributed by atoms with Gasteiger partial charge in [0.2, 0.25) is 0 Å². The van der Waals surface area contributed by atoms with E-state index in [4.69, 9.17) is 10.0 Å². The molecule has 0 bridgehead atoms. The van der Waals surface area contributed by atoms with Gasteiger partial charge in [0, 0.05) is 5.92 Å². The first-order chi connectivity index (χ1) is 6.38. The summed E-state index contributed by atoms with van der Waals surface area (Å²) in [6.45, 7) is 0. The zero-order chi connectivity index (χ0) is 9.52. The van der Waals surface area contributed by atoms with Gasteiger partial charge in [-0.25, -0.2) is 0 Å². The SMILES string of the molecule is CO/N=C(\C=NO)C1CCCCC1. The highest BCUT2D eigenvalue weighted by Crippen LogP contribution is 2.24. The van der Waals surface area contributed by atoms with E-state index >= 15 is 0 Å². The minimum absolute atomic E-state index is 0.407. The van der Waals surface area contributed by atoms with Crippen molar-refractivity contribution in [1.82, 2.24) is 0 Å². The summed E-state index contributed by atoms with van der Waals surface area (Å²) in [6.07, 6.45) is 7.37. The monoisotopic (exact) mass is 184 g/mol. The van der Waals surface area contributed by atoms with Crippen LogP contribution >= 0.6 is 0 Å². The fraction of sp³-hybridized carbons (Fsp3) is 0.778. The van der Waals surface area contributed by atoms with E-state index in [1.54, 1.807) is 0 Å². The van der Waals surface area contributed by atoms with E-state index in [2.05, 4.69) is 10.3 Å². The highest BCUT2D eigenvalue weighted by atomic mass is 16.6. The lowest BCUT2D eigenvalue weighted by Crippen LogP contribution is -2.19. The molecule has 0 aliphatic heterocycles. The van der Waals surface area contributed by atoms with Crippen LogP contribution < -0.4 is 0 Å². The Morgan fingerprint density at radius 1 is 1.38 bits per heavy atom. The van der Waals surface area contributed by atoms with Crippen LogP contribution in [0.3, 0.4) is 0 Å². The van der Waals surface area contributed by atoms with E-state index < -0.39 is 0 Å². The van der Waals surface area contributed by atoms with Gasteiger partial charge < -0.3 is 10.0 Å². The Balaban J connectivity index is 2.57. The van der Waals surface area contributed by atoms with Gasteiger partial charge in [0.05, 0.1) is 6.21 Å². The van der Waals surface area contributed by atoms with Crippen molar-refractivity contribution in [3.63, 3.8) is 0 Å². The van der Waals surface area contributed by atoms with Crippen molar-refractivity contribution in [3.8, 4) is 0 Å². The van der Waals surface area contributed by atoms with Gasteiger partial charge in [-0.2, -0.15) is 0 Å². The van der Waals surface area contributed by atoms with Crippen LogP contribution in [0, 0.1) is 5.92 Å². The smallest absolute Gasteiger partial charge is 0.106 e. The number of oxime groups is 2. The topological polar surface area (TPSA) is 54.2 Å². The van der Waals surface area contributed by atoms with Gasteiger partial charge in [-0.15, -0.1) is 0 Å². The molecule has 4 heteroatoms. The summed E-state index contributed by atoms with van der Waals surface area (Å²) in [5.41, 5.74) is 0.754. The first-order valence-corrected chi connectivity index (χ1v) is 4.67. The summed E-state index contributed by atoms with van der Waals surface area (Å²) >= 11 is 0. The molecule has 0 amide bonds. The fourth-order valence-corrected chi connectivity index (χ4v) is 1.77. The first kappa shape index (κ1) is 10.0. The third-order valence-corrected chi connectivity index (χ3v) is 2.41. The Morgan fingerprint density at radius 2 is 2.08 bits per heavy atom. The Kier molecular flexibility index (Phi) is 4.29. The van der Waals surface area contributed by atoms with Gasteiger partial charge in [0.25, 0.3) is 0 Å². The van der Waals surface area contributed by atoms with E-state index in [1.165, 1.54) is 32.6 Å². The van der Waals surface area contributed by atoms with Crippen molar-refractivity contribution in [3.05, 3.63) is 0 Å². The summed E-state index contributed by atoms with van der Waals surface area (Å²) in [7, 11) is 1.51. The minimum atomic E-state index is 0.407. The molecule has 1 saturated carbocycles. The Hall–Kier alpha value is -1.06. The lowest BCUT2D eigenvalue weighted by molar-refractivity contribution is 0.210. The molecule has 1 N–H and O–H groups in total. The number of hydrogen-bond acceptors (Lipinski definition) is 4. The molecule has 0 atom stereocenters. The second kappa shape index (κ2) is 5.56. The van der Waals surface area contributed by atoms with Crippen molar-refractivity contribution in [2.24, 2.45) is 16.2 Å². The maximum absolute atomic E-state index is 8.43. The fourth-order valence-electron chi connectivity index (χ4n) is 1.77. The van der Waals surface area contributed by atoms with Gasteiger partial charge in [0.1, 0.15) is 12.8 Å².